The molecule has 0 aliphatic carbocycles. The molecule has 1 atom stereocenters. The third-order valence-corrected chi connectivity index (χ3v) is 3.58. The third-order valence-electron chi connectivity index (χ3n) is 2.68. The highest BCUT2D eigenvalue weighted by atomic mass is 32.1. The van der Waals surface area contributed by atoms with E-state index >= 15 is 0 Å². The van der Waals surface area contributed by atoms with Crippen LogP contribution in [0.5, 0.6) is 0 Å². The van der Waals surface area contributed by atoms with Crippen molar-refractivity contribution in [3.05, 3.63) is 16.1 Å². The lowest BCUT2D eigenvalue weighted by atomic mass is 10.2. The van der Waals surface area contributed by atoms with E-state index in [2.05, 4.69) is 4.98 Å². The first-order chi connectivity index (χ1) is 7.22. The first kappa shape index (κ1) is 10.6. The van der Waals surface area contributed by atoms with Crippen LogP contribution in [0.1, 0.15) is 27.5 Å². The van der Waals surface area contributed by atoms with Gasteiger partial charge in [0.05, 0.1) is 23.9 Å². The van der Waals surface area contributed by atoms with Gasteiger partial charge in [-0.1, -0.05) is 0 Å². The summed E-state index contributed by atoms with van der Waals surface area (Å²) in [6.07, 6.45) is 3.50. The van der Waals surface area contributed by atoms with Crippen molar-refractivity contribution in [2.75, 3.05) is 13.2 Å². The average Bonchev–Trinajstić information content (AvgIpc) is 2.84. The minimum atomic E-state index is -0.0000869. The van der Waals surface area contributed by atoms with Crippen LogP contribution in [0.4, 0.5) is 0 Å². The van der Waals surface area contributed by atoms with E-state index in [4.69, 9.17) is 5.11 Å². The highest BCUT2D eigenvalue weighted by Gasteiger charge is 2.29. The Morgan fingerprint density at radius 2 is 2.60 bits per heavy atom. The fraction of sp³-hybridized carbons (Fsp3) is 0.600. The molecule has 4 nitrogen and oxygen atoms in total. The average molecular weight is 226 g/mol. The molecule has 5 heteroatoms. The van der Waals surface area contributed by atoms with E-state index in [1.807, 2.05) is 6.92 Å². The third kappa shape index (κ3) is 2.03. The smallest absolute Gasteiger partial charge is 0.265 e. The van der Waals surface area contributed by atoms with Gasteiger partial charge in [0.15, 0.2) is 0 Å². The number of nitrogens with zero attached hydrogens (tertiary/aromatic N) is 2. The second kappa shape index (κ2) is 4.28. The van der Waals surface area contributed by atoms with Crippen LogP contribution < -0.4 is 0 Å². The lowest BCUT2D eigenvalue weighted by molar-refractivity contribution is 0.0682. The molecule has 0 saturated carbocycles. The van der Waals surface area contributed by atoms with Gasteiger partial charge in [-0.2, -0.15) is 0 Å². The molecule has 1 aromatic rings. The number of aromatic nitrogens is 1. The SMILES string of the molecule is Cc1ncc(C(=O)N2CCC[C@H]2CO)s1. The van der Waals surface area contributed by atoms with Gasteiger partial charge in [0, 0.05) is 6.54 Å². The number of rotatable bonds is 2. The van der Waals surface area contributed by atoms with E-state index in [1.54, 1.807) is 11.1 Å². The largest absolute Gasteiger partial charge is 0.394 e. The van der Waals surface area contributed by atoms with E-state index in [1.165, 1.54) is 11.3 Å². The minimum Gasteiger partial charge on any atom is -0.394 e. The molecule has 1 N–H and O–H groups in total. The monoisotopic (exact) mass is 226 g/mol. The highest BCUT2D eigenvalue weighted by molar-refractivity contribution is 7.13. The number of thiazole rings is 1. The van der Waals surface area contributed by atoms with Gasteiger partial charge in [0.1, 0.15) is 4.88 Å². The molecule has 1 saturated heterocycles. The fourth-order valence-corrected chi connectivity index (χ4v) is 2.63. The molecule has 0 bridgehead atoms. The minimum absolute atomic E-state index is 0.0000869. The molecule has 0 radical (unpaired) electrons. The van der Waals surface area contributed by atoms with Gasteiger partial charge in [-0.15, -0.1) is 11.3 Å². The molecule has 82 valence electrons. The molecule has 15 heavy (non-hydrogen) atoms. The summed E-state index contributed by atoms with van der Waals surface area (Å²) in [6, 6.07) is -0.0000869. The van der Waals surface area contributed by atoms with Gasteiger partial charge in [-0.3, -0.25) is 4.79 Å². The van der Waals surface area contributed by atoms with Gasteiger partial charge >= 0.3 is 0 Å². The molecule has 1 aliphatic rings. The van der Waals surface area contributed by atoms with Crippen LogP contribution in [0.25, 0.3) is 0 Å². The first-order valence-electron chi connectivity index (χ1n) is 5.06. The molecule has 0 spiro atoms. The van der Waals surface area contributed by atoms with Crippen LogP contribution in [0, 0.1) is 6.92 Å². The quantitative estimate of drug-likeness (QED) is 0.820. The zero-order valence-corrected chi connectivity index (χ0v) is 9.46. The molecular formula is C10H14N2O2S. The number of carbonyl (C=O) groups is 1. The number of carbonyl (C=O) groups excluding carboxylic acids is 1. The van der Waals surface area contributed by atoms with Crippen molar-refractivity contribution in [3.8, 4) is 0 Å². The summed E-state index contributed by atoms with van der Waals surface area (Å²) in [4.78, 5) is 18.5. The number of likely N-dealkylation sites (tertiary alicyclic amines) is 1. The summed E-state index contributed by atoms with van der Waals surface area (Å²) in [6.45, 7) is 2.69. The molecule has 0 unspecified atom stereocenters. The van der Waals surface area contributed by atoms with Crippen LogP contribution >= 0.6 is 11.3 Å². The Morgan fingerprint density at radius 1 is 1.80 bits per heavy atom. The van der Waals surface area contributed by atoms with Gasteiger partial charge in [0.25, 0.3) is 5.91 Å². The van der Waals surface area contributed by atoms with Crippen LogP contribution in [-0.2, 0) is 0 Å². The van der Waals surface area contributed by atoms with Crippen molar-refractivity contribution in [2.45, 2.75) is 25.8 Å². The normalized spacial score (nSPS) is 20.9. The Hall–Kier alpha value is -0.940. The zero-order valence-electron chi connectivity index (χ0n) is 8.64. The zero-order chi connectivity index (χ0) is 10.8. The maximum atomic E-state index is 12.0. The first-order valence-corrected chi connectivity index (χ1v) is 5.88. The van der Waals surface area contributed by atoms with Gasteiger partial charge in [0.2, 0.25) is 0 Å². The molecular weight excluding hydrogens is 212 g/mol. The lowest BCUT2D eigenvalue weighted by Gasteiger charge is -2.21. The second-order valence-corrected chi connectivity index (χ2v) is 4.96. The Balaban J connectivity index is 2.13. The number of amides is 1. The Morgan fingerprint density at radius 3 is 3.20 bits per heavy atom. The van der Waals surface area contributed by atoms with Crippen LogP contribution in [0.15, 0.2) is 6.20 Å². The summed E-state index contributed by atoms with van der Waals surface area (Å²) in [7, 11) is 0. The summed E-state index contributed by atoms with van der Waals surface area (Å²) in [5.74, 6) is 0.0113. The van der Waals surface area contributed by atoms with E-state index in [0.717, 1.165) is 24.4 Å². The van der Waals surface area contributed by atoms with Gasteiger partial charge in [-0.25, -0.2) is 4.98 Å². The molecule has 2 rings (SSSR count). The summed E-state index contributed by atoms with van der Waals surface area (Å²) >= 11 is 1.41. The Kier molecular flexibility index (Phi) is 3.02. The van der Waals surface area contributed by atoms with E-state index in [0.29, 0.717) is 4.88 Å². The van der Waals surface area contributed by atoms with Crippen molar-refractivity contribution in [1.29, 1.82) is 0 Å². The summed E-state index contributed by atoms with van der Waals surface area (Å²) in [5, 5.41) is 10.0. The number of aliphatic hydroxyl groups is 1. The van der Waals surface area contributed by atoms with Crippen LogP contribution in [0.2, 0.25) is 0 Å². The molecule has 0 aromatic carbocycles. The van der Waals surface area contributed by atoms with Crippen LogP contribution in [-0.4, -0.2) is 40.1 Å². The molecule has 1 aliphatic heterocycles. The van der Waals surface area contributed by atoms with Crippen molar-refractivity contribution >= 4 is 17.2 Å². The van der Waals surface area contributed by atoms with E-state index < -0.39 is 0 Å². The van der Waals surface area contributed by atoms with Gasteiger partial charge < -0.3 is 10.0 Å². The van der Waals surface area contributed by atoms with Crippen molar-refractivity contribution in [1.82, 2.24) is 9.88 Å². The molecule has 2 heterocycles. The van der Waals surface area contributed by atoms with Crippen molar-refractivity contribution in [3.63, 3.8) is 0 Å². The molecule has 1 aromatic heterocycles. The summed E-state index contributed by atoms with van der Waals surface area (Å²) in [5.41, 5.74) is 0. The topological polar surface area (TPSA) is 53.4 Å². The van der Waals surface area contributed by atoms with Crippen molar-refractivity contribution < 1.29 is 9.90 Å². The van der Waals surface area contributed by atoms with Crippen molar-refractivity contribution in [2.24, 2.45) is 0 Å². The Bertz CT molecular complexity index is 364. The number of aryl methyl sites for hydroxylation is 1. The van der Waals surface area contributed by atoms with Crippen LogP contribution in [0.3, 0.4) is 0 Å². The maximum absolute atomic E-state index is 12.0. The Labute approximate surface area is 92.6 Å². The fourth-order valence-electron chi connectivity index (χ4n) is 1.89. The standard InChI is InChI=1S/C10H14N2O2S/c1-7-11-5-9(15-7)10(14)12-4-2-3-8(12)6-13/h5,8,13H,2-4,6H2,1H3/t8-/m0/s1. The van der Waals surface area contributed by atoms with E-state index in [9.17, 15) is 4.79 Å². The summed E-state index contributed by atoms with van der Waals surface area (Å²) < 4.78 is 0. The van der Waals surface area contributed by atoms with E-state index in [-0.39, 0.29) is 18.6 Å². The van der Waals surface area contributed by atoms with Gasteiger partial charge in [-0.05, 0) is 19.8 Å². The maximum Gasteiger partial charge on any atom is 0.265 e. The molecule has 1 amide bonds. The number of aliphatic hydroxyl groups excluding tert-OH is 1. The number of hydrogen-bond donors (Lipinski definition) is 1. The molecule has 1 fully saturated rings. The predicted molar refractivity (Wildman–Crippen MR) is 58.0 cm³/mol. The lowest BCUT2D eigenvalue weighted by Crippen LogP contribution is -2.37. The second-order valence-electron chi connectivity index (χ2n) is 3.72. The number of hydrogen-bond acceptors (Lipinski definition) is 4. The highest BCUT2D eigenvalue weighted by Crippen LogP contribution is 2.22. The predicted octanol–water partition coefficient (Wildman–Crippen LogP) is 1.05.